The highest BCUT2D eigenvalue weighted by Gasteiger charge is 2.47. The van der Waals surface area contributed by atoms with Gasteiger partial charge >= 0.3 is 6.03 Å². The topological polar surface area (TPSA) is 102 Å². The Bertz CT molecular complexity index is 653. The first kappa shape index (κ1) is 21.5. The molecule has 3 saturated heterocycles. The van der Waals surface area contributed by atoms with Crippen molar-refractivity contribution in [3.8, 4) is 0 Å². The number of hydrogen-bond donors (Lipinski definition) is 2. The van der Waals surface area contributed by atoms with Gasteiger partial charge in [-0.3, -0.25) is 24.7 Å². The Morgan fingerprint density at radius 2 is 1.69 bits per heavy atom. The molecular weight excluding hydrogens is 374 g/mol. The summed E-state index contributed by atoms with van der Waals surface area (Å²) in [6, 6.07) is -0.602. The van der Waals surface area contributed by atoms with Crippen LogP contribution in [-0.2, 0) is 14.4 Å². The Labute approximate surface area is 172 Å². The van der Waals surface area contributed by atoms with Crippen LogP contribution in [-0.4, -0.2) is 76.8 Å². The van der Waals surface area contributed by atoms with Crippen LogP contribution >= 0.6 is 0 Å². The van der Waals surface area contributed by atoms with Crippen molar-refractivity contribution in [2.24, 2.45) is 5.92 Å². The lowest BCUT2D eigenvalue weighted by atomic mass is 9.95. The summed E-state index contributed by atoms with van der Waals surface area (Å²) >= 11 is 0. The molecule has 3 heterocycles. The van der Waals surface area contributed by atoms with Crippen molar-refractivity contribution >= 4 is 23.8 Å². The molecule has 2 N–H and O–H groups in total. The number of imide groups is 1. The van der Waals surface area contributed by atoms with Crippen molar-refractivity contribution in [1.29, 1.82) is 0 Å². The van der Waals surface area contributed by atoms with Gasteiger partial charge in [0.15, 0.2) is 0 Å². The molecule has 3 aliphatic rings. The molecule has 29 heavy (non-hydrogen) atoms. The number of urea groups is 1. The molecule has 5 amide bonds. The molecule has 3 aliphatic heterocycles. The fourth-order valence-electron chi connectivity index (χ4n) is 4.28. The number of nitrogens with zero attached hydrogens (tertiary/aromatic N) is 3. The van der Waals surface area contributed by atoms with Crippen molar-refractivity contribution in [2.75, 3.05) is 32.7 Å². The van der Waals surface area contributed by atoms with E-state index in [1.165, 1.54) is 12.8 Å². The van der Waals surface area contributed by atoms with E-state index >= 15 is 0 Å². The van der Waals surface area contributed by atoms with Gasteiger partial charge in [-0.2, -0.15) is 5.01 Å². The van der Waals surface area contributed by atoms with Crippen LogP contribution in [0.15, 0.2) is 0 Å². The third kappa shape index (κ3) is 4.88. The molecule has 0 radical (unpaired) electrons. The number of rotatable bonds is 5. The van der Waals surface area contributed by atoms with E-state index in [1.807, 2.05) is 9.80 Å². The van der Waals surface area contributed by atoms with Gasteiger partial charge in [-0.05, 0) is 52.1 Å². The maximum absolute atomic E-state index is 12.8. The Kier molecular flexibility index (Phi) is 6.77. The zero-order valence-corrected chi connectivity index (χ0v) is 17.5. The Hall–Kier alpha value is -2.16. The van der Waals surface area contributed by atoms with Crippen LogP contribution in [0.1, 0.15) is 58.8 Å². The monoisotopic (exact) mass is 407 g/mol. The molecule has 0 bridgehead atoms. The second kappa shape index (κ2) is 9.11. The predicted octanol–water partition coefficient (Wildman–Crippen LogP) is 0.853. The van der Waals surface area contributed by atoms with Crippen molar-refractivity contribution in [3.05, 3.63) is 0 Å². The fraction of sp³-hybridized carbons (Fsp3) is 0.800. The molecule has 0 aromatic rings. The Morgan fingerprint density at radius 1 is 1.07 bits per heavy atom. The summed E-state index contributed by atoms with van der Waals surface area (Å²) in [5.41, 5.74) is 1.45. The predicted molar refractivity (Wildman–Crippen MR) is 106 cm³/mol. The van der Waals surface area contributed by atoms with E-state index in [1.54, 1.807) is 13.8 Å². The van der Waals surface area contributed by atoms with E-state index in [9.17, 15) is 19.2 Å². The normalized spacial score (nSPS) is 27.0. The van der Waals surface area contributed by atoms with Gasteiger partial charge in [0.2, 0.25) is 5.91 Å². The number of likely N-dealkylation sites (tertiary alicyclic amines) is 2. The fourth-order valence-corrected chi connectivity index (χ4v) is 4.28. The summed E-state index contributed by atoms with van der Waals surface area (Å²) < 4.78 is 0. The van der Waals surface area contributed by atoms with Crippen molar-refractivity contribution in [3.63, 3.8) is 0 Å². The lowest BCUT2D eigenvalue weighted by molar-refractivity contribution is -0.140. The standard InChI is InChI=1S/C20H33N5O4/c1-3-20(2)18(28)25(19(29)21-20)22-16(26)14-23-12-8-15(9-13-23)17(27)24-10-6-4-5-7-11-24/h15H,3-14H2,1-2H3,(H,21,29)(H,22,26). The van der Waals surface area contributed by atoms with Gasteiger partial charge in [0.25, 0.3) is 11.8 Å². The number of carbonyl (C=O) groups excluding carboxylic acids is 4. The molecule has 162 valence electrons. The van der Waals surface area contributed by atoms with Gasteiger partial charge in [-0.15, -0.1) is 0 Å². The number of carbonyl (C=O) groups is 4. The van der Waals surface area contributed by atoms with Crippen LogP contribution in [0, 0.1) is 5.92 Å². The van der Waals surface area contributed by atoms with Crippen LogP contribution in [0.25, 0.3) is 0 Å². The molecule has 3 fully saturated rings. The van der Waals surface area contributed by atoms with Crippen LogP contribution in [0.2, 0.25) is 0 Å². The second-order valence-corrected chi connectivity index (χ2v) is 8.58. The molecule has 9 heteroatoms. The number of hydrogen-bond acceptors (Lipinski definition) is 5. The molecule has 3 rings (SSSR count). The third-order valence-electron chi connectivity index (χ3n) is 6.43. The van der Waals surface area contributed by atoms with E-state index in [0.717, 1.165) is 43.8 Å². The maximum atomic E-state index is 12.8. The minimum Gasteiger partial charge on any atom is -0.342 e. The van der Waals surface area contributed by atoms with Crippen molar-refractivity contribution in [1.82, 2.24) is 25.6 Å². The third-order valence-corrected chi connectivity index (χ3v) is 6.43. The summed E-state index contributed by atoms with van der Waals surface area (Å²) in [5.74, 6) is -0.552. The Morgan fingerprint density at radius 3 is 2.24 bits per heavy atom. The molecule has 0 spiro atoms. The maximum Gasteiger partial charge on any atom is 0.344 e. The molecule has 1 unspecified atom stereocenters. The second-order valence-electron chi connectivity index (χ2n) is 8.58. The largest absolute Gasteiger partial charge is 0.344 e. The highest BCUT2D eigenvalue weighted by Crippen LogP contribution is 2.22. The van der Waals surface area contributed by atoms with Gasteiger partial charge in [-0.1, -0.05) is 19.8 Å². The molecule has 0 aromatic carbocycles. The summed E-state index contributed by atoms with van der Waals surface area (Å²) in [4.78, 5) is 53.5. The summed E-state index contributed by atoms with van der Waals surface area (Å²) in [6.07, 6.45) is 6.50. The van der Waals surface area contributed by atoms with Crippen LogP contribution in [0.3, 0.4) is 0 Å². The van der Waals surface area contributed by atoms with E-state index < -0.39 is 23.4 Å². The van der Waals surface area contributed by atoms with E-state index in [0.29, 0.717) is 19.5 Å². The molecular formula is C20H33N5O4. The minimum atomic E-state index is -0.976. The van der Waals surface area contributed by atoms with Gasteiger partial charge in [0.1, 0.15) is 5.54 Å². The first-order chi connectivity index (χ1) is 13.8. The lowest BCUT2D eigenvalue weighted by Gasteiger charge is -2.33. The highest BCUT2D eigenvalue weighted by molar-refractivity contribution is 6.07. The van der Waals surface area contributed by atoms with Gasteiger partial charge in [0.05, 0.1) is 6.54 Å². The highest BCUT2D eigenvalue weighted by atomic mass is 16.2. The summed E-state index contributed by atoms with van der Waals surface area (Å²) in [7, 11) is 0. The average molecular weight is 408 g/mol. The zero-order chi connectivity index (χ0) is 21.0. The molecule has 0 aliphatic carbocycles. The molecule has 9 nitrogen and oxygen atoms in total. The first-order valence-electron chi connectivity index (χ1n) is 10.8. The minimum absolute atomic E-state index is 0.0311. The van der Waals surface area contributed by atoms with Gasteiger partial charge < -0.3 is 10.2 Å². The quantitative estimate of drug-likeness (QED) is 0.658. The Balaban J connectivity index is 1.44. The number of nitrogens with one attached hydrogen (secondary N) is 2. The molecule has 1 atom stereocenters. The molecule has 0 aromatic heterocycles. The lowest BCUT2D eigenvalue weighted by Crippen LogP contribution is -2.52. The summed E-state index contributed by atoms with van der Waals surface area (Å²) in [5, 5.41) is 3.39. The van der Waals surface area contributed by atoms with E-state index in [-0.39, 0.29) is 18.4 Å². The smallest absolute Gasteiger partial charge is 0.342 e. The zero-order valence-electron chi connectivity index (χ0n) is 17.5. The molecule has 0 saturated carbocycles. The number of piperidine rings is 1. The van der Waals surface area contributed by atoms with E-state index in [2.05, 4.69) is 10.7 Å². The van der Waals surface area contributed by atoms with Crippen molar-refractivity contribution in [2.45, 2.75) is 64.3 Å². The van der Waals surface area contributed by atoms with Crippen LogP contribution in [0.5, 0.6) is 0 Å². The van der Waals surface area contributed by atoms with Crippen LogP contribution in [0.4, 0.5) is 4.79 Å². The van der Waals surface area contributed by atoms with Crippen molar-refractivity contribution < 1.29 is 19.2 Å². The summed E-state index contributed by atoms with van der Waals surface area (Å²) in [6.45, 7) is 6.60. The number of amides is 5. The number of hydrazine groups is 1. The van der Waals surface area contributed by atoms with Gasteiger partial charge in [-0.25, -0.2) is 4.79 Å². The first-order valence-corrected chi connectivity index (χ1v) is 10.8. The van der Waals surface area contributed by atoms with Crippen LogP contribution < -0.4 is 10.7 Å². The SMILES string of the molecule is CCC1(C)NC(=O)N(NC(=O)CN2CCC(C(=O)N3CCCCCC3)CC2)C1=O. The van der Waals surface area contributed by atoms with Gasteiger partial charge in [0, 0.05) is 19.0 Å². The van der Waals surface area contributed by atoms with E-state index in [4.69, 9.17) is 0 Å². The average Bonchev–Trinajstić information content (AvgIpc) is 2.92.